The maximum absolute atomic E-state index is 10.3. The van der Waals surface area contributed by atoms with Gasteiger partial charge in [-0.1, -0.05) is 0 Å². The van der Waals surface area contributed by atoms with Crippen molar-refractivity contribution < 1.29 is 27.7 Å². The first-order valence-electron chi connectivity index (χ1n) is 2.72. The number of primary amides is 1. The van der Waals surface area contributed by atoms with E-state index in [-0.39, 0.29) is 59.1 Å². The Morgan fingerprint density at radius 1 is 1.29 bits per heavy atom. The molecular formula is C4H7NNa2O6S. The summed E-state index contributed by atoms with van der Waals surface area (Å²) in [4.78, 5) is 20.3. The molecule has 0 aliphatic carbocycles. The van der Waals surface area contributed by atoms with Gasteiger partial charge in [-0.3, -0.25) is 14.1 Å². The van der Waals surface area contributed by atoms with Gasteiger partial charge in [-0.2, -0.15) is 8.42 Å². The van der Waals surface area contributed by atoms with Crippen LogP contribution in [0.25, 0.3) is 0 Å². The van der Waals surface area contributed by atoms with Gasteiger partial charge >= 0.3 is 5.97 Å². The fraction of sp³-hybridized carbons (Fsp3) is 0.500. The first-order valence-corrected chi connectivity index (χ1v) is 4.23. The van der Waals surface area contributed by atoms with Crippen LogP contribution in [0.4, 0.5) is 0 Å². The summed E-state index contributed by atoms with van der Waals surface area (Å²) >= 11 is 0. The van der Waals surface area contributed by atoms with Crippen molar-refractivity contribution in [2.45, 2.75) is 11.7 Å². The molecule has 1 atom stereocenters. The van der Waals surface area contributed by atoms with Gasteiger partial charge in [0.2, 0.25) is 5.91 Å². The molecule has 4 N–H and O–H groups in total. The van der Waals surface area contributed by atoms with Gasteiger partial charge in [-0.15, -0.1) is 0 Å². The molecule has 10 heteroatoms. The Hall–Kier alpha value is 0.850. The van der Waals surface area contributed by atoms with Crippen molar-refractivity contribution in [1.29, 1.82) is 0 Å². The summed E-state index contributed by atoms with van der Waals surface area (Å²) in [6, 6.07) is 0. The van der Waals surface area contributed by atoms with Crippen molar-refractivity contribution in [2.24, 2.45) is 5.73 Å². The number of amides is 1. The number of hydrogen-bond donors (Lipinski definition) is 3. The minimum Gasteiger partial charge on any atom is -0.480 e. The third-order valence-corrected chi connectivity index (χ3v) is 2.11. The van der Waals surface area contributed by atoms with E-state index in [9.17, 15) is 18.0 Å². The SMILES string of the molecule is NC(=O)CC(C(=O)O)S(=O)(=O)O.[Na].[Na]. The first-order chi connectivity index (χ1) is 5.25. The molecule has 0 saturated heterocycles. The van der Waals surface area contributed by atoms with E-state index < -0.39 is 33.7 Å². The standard InChI is InChI=1S/C4H7NO6S.2Na/c5-3(6)1-2(4(7)8)12(9,10)11;;/h2H,1H2,(H2,5,6)(H,7,8)(H,9,10,11);;. The summed E-state index contributed by atoms with van der Waals surface area (Å²) in [5.41, 5.74) is 4.55. The van der Waals surface area contributed by atoms with Gasteiger partial charge in [0.25, 0.3) is 10.1 Å². The van der Waals surface area contributed by atoms with Gasteiger partial charge in [0.15, 0.2) is 5.25 Å². The second-order valence-electron chi connectivity index (χ2n) is 2.01. The quantitative estimate of drug-likeness (QED) is 0.367. The maximum atomic E-state index is 10.3. The monoisotopic (exact) mass is 243 g/mol. The first kappa shape index (κ1) is 20.3. The Bertz CT molecular complexity index is 301. The van der Waals surface area contributed by atoms with Crippen LogP contribution in [0.3, 0.4) is 0 Å². The van der Waals surface area contributed by atoms with Crippen LogP contribution >= 0.6 is 0 Å². The van der Waals surface area contributed by atoms with Crippen molar-refractivity contribution in [3.8, 4) is 0 Å². The number of nitrogens with two attached hydrogens (primary N) is 1. The van der Waals surface area contributed by atoms with E-state index in [0.29, 0.717) is 0 Å². The molecular weight excluding hydrogens is 236 g/mol. The van der Waals surface area contributed by atoms with Crippen LogP contribution in [-0.2, 0) is 19.7 Å². The Labute approximate surface area is 125 Å². The number of aliphatic carboxylic acids is 1. The summed E-state index contributed by atoms with van der Waals surface area (Å²) in [7, 11) is -4.76. The number of carboxylic acid groups (broad SMARTS) is 1. The second kappa shape index (κ2) is 8.05. The third-order valence-electron chi connectivity index (χ3n) is 1.02. The van der Waals surface area contributed by atoms with E-state index in [4.69, 9.17) is 9.66 Å². The van der Waals surface area contributed by atoms with Gasteiger partial charge < -0.3 is 10.8 Å². The van der Waals surface area contributed by atoms with Crippen molar-refractivity contribution in [3.63, 3.8) is 0 Å². The Kier molecular flexibility index (Phi) is 11.7. The molecule has 1 unspecified atom stereocenters. The molecule has 0 aromatic carbocycles. The van der Waals surface area contributed by atoms with Crippen LogP contribution in [0.2, 0.25) is 0 Å². The smallest absolute Gasteiger partial charge is 0.324 e. The topological polar surface area (TPSA) is 135 Å². The predicted molar refractivity (Wildman–Crippen MR) is 48.3 cm³/mol. The molecule has 0 bridgehead atoms. The molecule has 14 heavy (non-hydrogen) atoms. The minimum atomic E-state index is -4.76. The summed E-state index contributed by atoms with van der Waals surface area (Å²) < 4.78 is 28.8. The molecule has 0 aliphatic heterocycles. The fourth-order valence-electron chi connectivity index (χ4n) is 0.503. The minimum absolute atomic E-state index is 0. The number of carbonyl (C=O) groups is 2. The van der Waals surface area contributed by atoms with E-state index in [0.717, 1.165) is 0 Å². The van der Waals surface area contributed by atoms with Crippen molar-refractivity contribution in [3.05, 3.63) is 0 Å². The van der Waals surface area contributed by atoms with E-state index in [2.05, 4.69) is 5.73 Å². The molecule has 0 spiro atoms. The summed E-state index contributed by atoms with van der Waals surface area (Å²) in [5, 5.41) is 6.04. The predicted octanol–water partition coefficient (Wildman–Crippen LogP) is -2.56. The van der Waals surface area contributed by atoms with Gasteiger partial charge in [-0.05, 0) is 0 Å². The zero-order valence-electron chi connectivity index (χ0n) is 7.80. The molecule has 0 aromatic heterocycles. The van der Waals surface area contributed by atoms with Gasteiger partial charge in [0.1, 0.15) is 0 Å². The largest absolute Gasteiger partial charge is 0.480 e. The zero-order chi connectivity index (χ0) is 9.94. The van der Waals surface area contributed by atoms with Crippen LogP contribution in [0.1, 0.15) is 6.42 Å². The molecule has 0 saturated carbocycles. The Morgan fingerprint density at radius 2 is 1.64 bits per heavy atom. The zero-order valence-corrected chi connectivity index (χ0v) is 12.6. The maximum Gasteiger partial charge on any atom is 0.324 e. The molecule has 0 aliphatic rings. The molecule has 0 aromatic rings. The number of carboxylic acids is 1. The molecule has 7 nitrogen and oxygen atoms in total. The number of carbonyl (C=O) groups excluding carboxylic acids is 1. The van der Waals surface area contributed by atoms with Gasteiger partial charge in [0, 0.05) is 59.1 Å². The van der Waals surface area contributed by atoms with Crippen LogP contribution < -0.4 is 5.73 Å². The fourth-order valence-corrected chi connectivity index (χ4v) is 1.13. The van der Waals surface area contributed by atoms with Crippen LogP contribution in [-0.4, -0.2) is 94.3 Å². The Balaban J connectivity index is -0.000000605. The van der Waals surface area contributed by atoms with E-state index >= 15 is 0 Å². The van der Waals surface area contributed by atoms with Gasteiger partial charge in [-0.25, -0.2) is 0 Å². The second-order valence-corrected chi connectivity index (χ2v) is 3.61. The van der Waals surface area contributed by atoms with Crippen molar-refractivity contribution in [1.82, 2.24) is 0 Å². The summed E-state index contributed by atoms with van der Waals surface area (Å²) in [6.07, 6.45) is -0.936. The molecule has 2 radical (unpaired) electrons. The van der Waals surface area contributed by atoms with Crippen molar-refractivity contribution >= 4 is 81.1 Å². The van der Waals surface area contributed by atoms with E-state index in [1.54, 1.807) is 0 Å². The normalized spacial score (nSPS) is 11.8. The average molecular weight is 243 g/mol. The van der Waals surface area contributed by atoms with E-state index in [1.165, 1.54) is 0 Å². The molecule has 0 heterocycles. The van der Waals surface area contributed by atoms with Crippen molar-refractivity contribution in [2.75, 3.05) is 0 Å². The summed E-state index contributed by atoms with van der Waals surface area (Å²) in [5.74, 6) is -2.92. The molecule has 72 valence electrons. The average Bonchev–Trinajstić information content (AvgIpc) is 1.79. The van der Waals surface area contributed by atoms with E-state index in [1.807, 2.05) is 0 Å². The Morgan fingerprint density at radius 3 is 1.71 bits per heavy atom. The van der Waals surface area contributed by atoms with Crippen LogP contribution in [0.15, 0.2) is 0 Å². The van der Waals surface area contributed by atoms with Crippen LogP contribution in [0.5, 0.6) is 0 Å². The van der Waals surface area contributed by atoms with Gasteiger partial charge in [0.05, 0.1) is 6.42 Å². The van der Waals surface area contributed by atoms with Crippen LogP contribution in [0, 0.1) is 0 Å². The molecule has 0 fully saturated rings. The summed E-state index contributed by atoms with van der Waals surface area (Å²) in [6.45, 7) is 0. The molecule has 1 amide bonds. The third kappa shape index (κ3) is 8.18. The number of rotatable bonds is 4. The molecule has 0 rings (SSSR count). The number of hydrogen-bond acceptors (Lipinski definition) is 4.